The first-order valence-electron chi connectivity index (χ1n) is 10.7. The zero-order chi connectivity index (χ0) is 23.9. The predicted octanol–water partition coefficient (Wildman–Crippen LogP) is 1.74. The van der Waals surface area contributed by atoms with Crippen molar-refractivity contribution in [3.63, 3.8) is 0 Å². The van der Waals surface area contributed by atoms with E-state index in [1.165, 1.54) is 29.8 Å². The summed E-state index contributed by atoms with van der Waals surface area (Å²) in [4.78, 5) is 40.0. The quantitative estimate of drug-likeness (QED) is 0.611. The number of benzene rings is 2. The van der Waals surface area contributed by atoms with Crippen molar-refractivity contribution in [3.05, 3.63) is 68.4 Å². The molecule has 2 aromatic carbocycles. The van der Waals surface area contributed by atoms with Crippen LogP contribution in [0.5, 0.6) is 0 Å². The van der Waals surface area contributed by atoms with E-state index in [-0.39, 0.29) is 22.7 Å². The van der Waals surface area contributed by atoms with Crippen LogP contribution in [0.4, 0.5) is 5.69 Å². The number of anilines is 1. The Kier molecular flexibility index (Phi) is 5.87. The standard InChI is InChI=1S/C23H26N4O5S/c1-15-6-7-16(2)19(12-15)24-33(31,32)17-8-9-20-18(13-17)22(29)27(23(30)25(20)3)14-21(28)26-10-4-5-11-26/h6-9,12-13,24H,4-5,10-11,14H2,1-3H3. The Labute approximate surface area is 191 Å². The van der Waals surface area contributed by atoms with Gasteiger partial charge in [-0.05, 0) is 62.1 Å². The van der Waals surface area contributed by atoms with Crippen LogP contribution >= 0.6 is 0 Å². The number of carbonyl (C=O) groups is 1. The van der Waals surface area contributed by atoms with Crippen molar-refractivity contribution in [2.45, 2.75) is 38.1 Å². The minimum Gasteiger partial charge on any atom is -0.341 e. The molecule has 10 heteroatoms. The van der Waals surface area contributed by atoms with Gasteiger partial charge < -0.3 is 4.90 Å². The van der Waals surface area contributed by atoms with E-state index in [0.717, 1.165) is 28.5 Å². The van der Waals surface area contributed by atoms with E-state index in [0.29, 0.717) is 24.3 Å². The number of carbonyl (C=O) groups excluding carboxylic acids is 1. The van der Waals surface area contributed by atoms with Crippen molar-refractivity contribution in [2.75, 3.05) is 17.8 Å². The Hall–Kier alpha value is -3.40. The Morgan fingerprint density at radius 3 is 2.42 bits per heavy atom. The van der Waals surface area contributed by atoms with Crippen LogP contribution < -0.4 is 16.0 Å². The molecule has 174 valence electrons. The van der Waals surface area contributed by atoms with Crippen LogP contribution in [0.15, 0.2) is 50.9 Å². The van der Waals surface area contributed by atoms with E-state index in [4.69, 9.17) is 0 Å². The van der Waals surface area contributed by atoms with Crippen LogP contribution in [0.25, 0.3) is 10.9 Å². The van der Waals surface area contributed by atoms with Gasteiger partial charge in [0.25, 0.3) is 15.6 Å². The Morgan fingerprint density at radius 1 is 1.03 bits per heavy atom. The summed E-state index contributed by atoms with van der Waals surface area (Å²) in [5.41, 5.74) is 1.09. The van der Waals surface area contributed by atoms with Crippen LogP contribution in [0.1, 0.15) is 24.0 Å². The molecule has 0 aliphatic carbocycles. The van der Waals surface area contributed by atoms with Crippen molar-refractivity contribution in [3.8, 4) is 0 Å². The SMILES string of the molecule is Cc1ccc(C)c(NS(=O)(=O)c2ccc3c(c2)c(=O)n(CC(=O)N2CCCC2)c(=O)n3C)c1. The second kappa shape index (κ2) is 8.51. The molecule has 4 rings (SSSR count). The van der Waals surface area contributed by atoms with Gasteiger partial charge >= 0.3 is 5.69 Å². The van der Waals surface area contributed by atoms with Crippen molar-refractivity contribution < 1.29 is 13.2 Å². The van der Waals surface area contributed by atoms with Gasteiger partial charge in [-0.25, -0.2) is 13.2 Å². The van der Waals surface area contributed by atoms with Gasteiger partial charge in [-0.2, -0.15) is 0 Å². The van der Waals surface area contributed by atoms with Crippen LogP contribution in [-0.2, 0) is 28.4 Å². The minimum atomic E-state index is -3.99. The second-order valence-corrected chi connectivity index (χ2v) is 10.1. The highest BCUT2D eigenvalue weighted by Crippen LogP contribution is 2.22. The predicted molar refractivity (Wildman–Crippen MR) is 126 cm³/mol. The Bertz CT molecular complexity index is 1480. The van der Waals surface area contributed by atoms with Gasteiger partial charge in [0.15, 0.2) is 0 Å². The fraction of sp³-hybridized carbons (Fsp3) is 0.348. The molecule has 1 fully saturated rings. The maximum absolute atomic E-state index is 13.2. The lowest BCUT2D eigenvalue weighted by molar-refractivity contribution is -0.130. The molecule has 0 spiro atoms. The summed E-state index contributed by atoms with van der Waals surface area (Å²) in [6.07, 6.45) is 1.79. The molecule has 0 atom stereocenters. The molecule has 1 saturated heterocycles. The topological polar surface area (TPSA) is 110 Å². The summed E-state index contributed by atoms with van der Waals surface area (Å²) in [5, 5.41) is 0.0511. The number of sulfonamides is 1. The number of aryl methyl sites for hydroxylation is 3. The lowest BCUT2D eigenvalue weighted by Crippen LogP contribution is -2.43. The van der Waals surface area contributed by atoms with E-state index < -0.39 is 21.3 Å². The average molecular weight is 471 g/mol. The first kappa shape index (κ1) is 22.8. The lowest BCUT2D eigenvalue weighted by Gasteiger charge is -2.17. The van der Waals surface area contributed by atoms with Crippen LogP contribution in [0.2, 0.25) is 0 Å². The first-order valence-corrected chi connectivity index (χ1v) is 12.2. The molecule has 1 aliphatic rings. The highest BCUT2D eigenvalue weighted by molar-refractivity contribution is 7.92. The molecule has 2 heterocycles. The van der Waals surface area contributed by atoms with E-state index in [9.17, 15) is 22.8 Å². The number of aromatic nitrogens is 2. The molecule has 1 amide bonds. The number of nitrogens with zero attached hydrogens (tertiary/aromatic N) is 3. The van der Waals surface area contributed by atoms with Gasteiger partial charge in [0.05, 0.1) is 21.5 Å². The maximum atomic E-state index is 13.2. The van der Waals surface area contributed by atoms with E-state index in [2.05, 4.69) is 4.72 Å². The summed E-state index contributed by atoms with van der Waals surface area (Å²) >= 11 is 0. The van der Waals surface area contributed by atoms with E-state index >= 15 is 0 Å². The van der Waals surface area contributed by atoms with Crippen LogP contribution in [0, 0.1) is 13.8 Å². The normalized spacial score (nSPS) is 14.1. The molecule has 1 aromatic heterocycles. The van der Waals surface area contributed by atoms with Crippen LogP contribution in [0.3, 0.4) is 0 Å². The molecule has 1 aliphatic heterocycles. The number of nitrogens with one attached hydrogen (secondary N) is 1. The summed E-state index contributed by atoms with van der Waals surface area (Å²) in [7, 11) is -2.50. The van der Waals surface area contributed by atoms with Gasteiger partial charge in [0, 0.05) is 20.1 Å². The number of hydrogen-bond acceptors (Lipinski definition) is 5. The zero-order valence-electron chi connectivity index (χ0n) is 18.8. The molecule has 0 radical (unpaired) electrons. The molecular weight excluding hydrogens is 444 g/mol. The summed E-state index contributed by atoms with van der Waals surface area (Å²) in [6, 6.07) is 9.47. The van der Waals surface area contributed by atoms with Crippen molar-refractivity contribution in [1.29, 1.82) is 0 Å². The number of amides is 1. The number of rotatable bonds is 5. The summed E-state index contributed by atoms with van der Waals surface area (Å²) < 4.78 is 30.8. The highest BCUT2D eigenvalue weighted by Gasteiger charge is 2.22. The Morgan fingerprint density at radius 2 is 1.73 bits per heavy atom. The average Bonchev–Trinajstić information content (AvgIpc) is 3.32. The lowest BCUT2D eigenvalue weighted by atomic mass is 10.1. The first-order chi connectivity index (χ1) is 15.6. The van der Waals surface area contributed by atoms with Gasteiger partial charge in [0.2, 0.25) is 5.91 Å². The monoisotopic (exact) mass is 470 g/mol. The molecule has 33 heavy (non-hydrogen) atoms. The van der Waals surface area contributed by atoms with Gasteiger partial charge in [-0.3, -0.25) is 23.4 Å². The second-order valence-electron chi connectivity index (χ2n) is 8.42. The summed E-state index contributed by atoms with van der Waals surface area (Å²) in [5.74, 6) is -0.300. The largest absolute Gasteiger partial charge is 0.341 e. The van der Waals surface area contributed by atoms with E-state index in [1.54, 1.807) is 17.9 Å². The molecule has 0 saturated carbocycles. The zero-order valence-corrected chi connectivity index (χ0v) is 19.6. The maximum Gasteiger partial charge on any atom is 0.331 e. The van der Waals surface area contributed by atoms with Gasteiger partial charge in [-0.15, -0.1) is 0 Å². The van der Waals surface area contributed by atoms with Crippen molar-refractivity contribution >= 4 is 32.5 Å². The highest BCUT2D eigenvalue weighted by atomic mass is 32.2. The molecule has 3 aromatic rings. The third-order valence-corrected chi connectivity index (χ3v) is 7.39. The van der Waals surface area contributed by atoms with Crippen molar-refractivity contribution in [1.82, 2.24) is 14.0 Å². The van der Waals surface area contributed by atoms with Gasteiger partial charge in [-0.1, -0.05) is 12.1 Å². The molecule has 0 unspecified atom stereocenters. The van der Waals surface area contributed by atoms with Crippen LogP contribution in [-0.4, -0.2) is 41.4 Å². The molecule has 1 N–H and O–H groups in total. The summed E-state index contributed by atoms with van der Waals surface area (Å²) in [6.45, 7) is 4.49. The van der Waals surface area contributed by atoms with Gasteiger partial charge in [0.1, 0.15) is 6.54 Å². The molecule has 0 bridgehead atoms. The molecule has 9 nitrogen and oxygen atoms in total. The number of hydrogen-bond donors (Lipinski definition) is 1. The fourth-order valence-electron chi connectivity index (χ4n) is 4.05. The van der Waals surface area contributed by atoms with Crippen molar-refractivity contribution in [2.24, 2.45) is 7.05 Å². The third-order valence-electron chi connectivity index (χ3n) is 6.02. The smallest absolute Gasteiger partial charge is 0.331 e. The molecular formula is C23H26N4O5S. The minimum absolute atomic E-state index is 0.0511. The fourth-order valence-corrected chi connectivity index (χ4v) is 5.20. The third kappa shape index (κ3) is 4.30. The number of likely N-dealkylation sites (tertiary alicyclic amines) is 1. The Balaban J connectivity index is 1.77. The van der Waals surface area contributed by atoms with E-state index in [1.807, 2.05) is 19.1 Å². The number of fused-ring (bicyclic) bond motifs is 1.